The quantitative estimate of drug-likeness (QED) is 0.762. The molecule has 1 saturated heterocycles. The van der Waals surface area contributed by atoms with Crippen LogP contribution in [0.5, 0.6) is 0 Å². The number of benzene rings is 1. The number of hydrogen-bond donors (Lipinski definition) is 2. The molecule has 1 aromatic rings. The third kappa shape index (κ3) is 1.77. The van der Waals surface area contributed by atoms with Crippen molar-refractivity contribution in [1.82, 2.24) is 4.90 Å². The average molecular weight is 246 g/mol. The van der Waals surface area contributed by atoms with E-state index in [-0.39, 0.29) is 17.4 Å². The van der Waals surface area contributed by atoms with Crippen molar-refractivity contribution in [2.24, 2.45) is 0 Å². The molecule has 4 nitrogen and oxygen atoms in total. The largest absolute Gasteiger partial charge is 0.399 e. The van der Waals surface area contributed by atoms with Gasteiger partial charge in [-0.3, -0.25) is 4.79 Å². The Labute approximate surface area is 106 Å². The lowest BCUT2D eigenvalue weighted by Crippen LogP contribution is -2.38. The molecule has 96 valence electrons. The molecule has 1 aliphatic heterocycles. The van der Waals surface area contributed by atoms with Crippen molar-refractivity contribution in [3.05, 3.63) is 29.8 Å². The molecular weight excluding hydrogens is 228 g/mol. The standard InChI is InChI=1S/C14H18N2O2/c15-11-3-1-10(2-4-11)14(6-7-14)13(18)16-8-5-12(17)9-16/h1-4,12,17H,5-9,15H2/t12-/m0/s1. The summed E-state index contributed by atoms with van der Waals surface area (Å²) >= 11 is 0. The van der Waals surface area contributed by atoms with Crippen molar-refractivity contribution in [3.8, 4) is 0 Å². The molecule has 1 aromatic carbocycles. The van der Waals surface area contributed by atoms with E-state index in [9.17, 15) is 9.90 Å². The Hall–Kier alpha value is -1.55. The highest BCUT2D eigenvalue weighted by Gasteiger charge is 2.53. The zero-order chi connectivity index (χ0) is 12.8. The van der Waals surface area contributed by atoms with E-state index in [4.69, 9.17) is 5.73 Å². The van der Waals surface area contributed by atoms with E-state index in [2.05, 4.69) is 0 Å². The number of anilines is 1. The maximum Gasteiger partial charge on any atom is 0.233 e. The van der Waals surface area contributed by atoms with Crippen LogP contribution in [0.25, 0.3) is 0 Å². The van der Waals surface area contributed by atoms with E-state index in [1.165, 1.54) is 0 Å². The van der Waals surface area contributed by atoms with Crippen molar-refractivity contribution in [1.29, 1.82) is 0 Å². The highest BCUT2D eigenvalue weighted by atomic mass is 16.3. The SMILES string of the molecule is Nc1ccc(C2(C(=O)N3CC[C@H](O)C3)CC2)cc1. The second kappa shape index (κ2) is 3.99. The van der Waals surface area contributed by atoms with Crippen LogP contribution in [0, 0.1) is 0 Å². The number of likely N-dealkylation sites (tertiary alicyclic amines) is 1. The monoisotopic (exact) mass is 246 g/mol. The normalized spacial score (nSPS) is 25.2. The Balaban J connectivity index is 1.82. The van der Waals surface area contributed by atoms with Crippen LogP contribution in [0.15, 0.2) is 24.3 Å². The number of aliphatic hydroxyl groups is 1. The predicted molar refractivity (Wildman–Crippen MR) is 69.0 cm³/mol. The summed E-state index contributed by atoms with van der Waals surface area (Å²) in [5, 5.41) is 9.53. The van der Waals surface area contributed by atoms with Crippen molar-refractivity contribution >= 4 is 11.6 Å². The number of carbonyl (C=O) groups is 1. The fraction of sp³-hybridized carbons (Fsp3) is 0.500. The fourth-order valence-electron chi connectivity index (χ4n) is 2.78. The molecule has 0 unspecified atom stereocenters. The Kier molecular flexibility index (Phi) is 2.55. The zero-order valence-corrected chi connectivity index (χ0v) is 10.3. The number of β-amino-alcohol motifs (C(OH)–C–C–N with tert-alkyl or cyclic N) is 1. The Morgan fingerprint density at radius 1 is 1.33 bits per heavy atom. The topological polar surface area (TPSA) is 66.6 Å². The minimum Gasteiger partial charge on any atom is -0.399 e. The van der Waals surface area contributed by atoms with Gasteiger partial charge in [0.25, 0.3) is 0 Å². The van der Waals surface area contributed by atoms with Crippen LogP contribution in [0.4, 0.5) is 5.69 Å². The number of nitrogens with zero attached hydrogens (tertiary/aromatic N) is 1. The third-order valence-electron chi connectivity index (χ3n) is 4.07. The lowest BCUT2D eigenvalue weighted by molar-refractivity contribution is -0.133. The van der Waals surface area contributed by atoms with Gasteiger partial charge in [-0.05, 0) is 37.0 Å². The molecule has 2 fully saturated rings. The van der Waals surface area contributed by atoms with Crippen LogP contribution in [0.3, 0.4) is 0 Å². The van der Waals surface area contributed by atoms with Gasteiger partial charge in [-0.1, -0.05) is 12.1 Å². The fourth-order valence-corrected chi connectivity index (χ4v) is 2.78. The van der Waals surface area contributed by atoms with Crippen LogP contribution in [0.2, 0.25) is 0 Å². The number of hydrogen-bond acceptors (Lipinski definition) is 3. The molecule has 1 aliphatic carbocycles. The van der Waals surface area contributed by atoms with Gasteiger partial charge >= 0.3 is 0 Å². The lowest BCUT2D eigenvalue weighted by Gasteiger charge is -2.23. The van der Waals surface area contributed by atoms with Crippen molar-refractivity contribution < 1.29 is 9.90 Å². The first-order valence-corrected chi connectivity index (χ1v) is 6.45. The third-order valence-corrected chi connectivity index (χ3v) is 4.07. The van der Waals surface area contributed by atoms with Gasteiger partial charge in [0, 0.05) is 18.8 Å². The van der Waals surface area contributed by atoms with Gasteiger partial charge in [0.15, 0.2) is 0 Å². The summed E-state index contributed by atoms with van der Waals surface area (Å²) in [7, 11) is 0. The second-order valence-corrected chi connectivity index (χ2v) is 5.40. The van der Waals surface area contributed by atoms with Crippen molar-refractivity contribution in [3.63, 3.8) is 0 Å². The molecule has 0 radical (unpaired) electrons. The molecule has 0 bridgehead atoms. The summed E-state index contributed by atoms with van der Waals surface area (Å²) < 4.78 is 0. The van der Waals surface area contributed by atoms with Gasteiger partial charge in [-0.15, -0.1) is 0 Å². The highest BCUT2D eigenvalue weighted by molar-refractivity contribution is 5.91. The van der Waals surface area contributed by atoms with E-state index in [0.29, 0.717) is 19.5 Å². The minimum absolute atomic E-state index is 0.170. The Bertz CT molecular complexity index is 465. The van der Waals surface area contributed by atoms with Gasteiger partial charge in [0.1, 0.15) is 0 Å². The number of nitrogens with two attached hydrogens (primary N) is 1. The molecule has 2 aliphatic rings. The van der Waals surface area contributed by atoms with Crippen LogP contribution in [0.1, 0.15) is 24.8 Å². The second-order valence-electron chi connectivity index (χ2n) is 5.40. The molecular formula is C14H18N2O2. The van der Waals surface area contributed by atoms with Crippen LogP contribution in [-0.2, 0) is 10.2 Å². The highest BCUT2D eigenvalue weighted by Crippen LogP contribution is 2.50. The summed E-state index contributed by atoms with van der Waals surface area (Å²) in [6, 6.07) is 7.60. The van der Waals surface area contributed by atoms with Crippen LogP contribution >= 0.6 is 0 Å². The summed E-state index contributed by atoms with van der Waals surface area (Å²) in [4.78, 5) is 14.3. The maximum absolute atomic E-state index is 12.5. The van der Waals surface area contributed by atoms with Crippen LogP contribution < -0.4 is 5.73 Å². The molecule has 0 spiro atoms. The molecule has 3 N–H and O–H groups in total. The van der Waals surface area contributed by atoms with E-state index < -0.39 is 0 Å². The van der Waals surface area contributed by atoms with Crippen LogP contribution in [-0.4, -0.2) is 35.1 Å². The van der Waals surface area contributed by atoms with Gasteiger partial charge in [-0.2, -0.15) is 0 Å². The van der Waals surface area contributed by atoms with Gasteiger partial charge < -0.3 is 15.7 Å². The Morgan fingerprint density at radius 2 is 2.00 bits per heavy atom. The number of amides is 1. The molecule has 1 saturated carbocycles. The summed E-state index contributed by atoms with van der Waals surface area (Å²) in [6.07, 6.45) is 2.16. The van der Waals surface area contributed by atoms with E-state index in [1.54, 1.807) is 4.90 Å². The molecule has 1 amide bonds. The molecule has 1 atom stereocenters. The molecule has 3 rings (SSSR count). The van der Waals surface area contributed by atoms with Gasteiger partial charge in [0.05, 0.1) is 11.5 Å². The number of aliphatic hydroxyl groups excluding tert-OH is 1. The minimum atomic E-state index is -0.351. The first kappa shape index (κ1) is 11.5. The van der Waals surface area contributed by atoms with Gasteiger partial charge in [0.2, 0.25) is 5.91 Å². The van der Waals surface area contributed by atoms with E-state index in [0.717, 1.165) is 24.1 Å². The number of rotatable bonds is 2. The predicted octanol–water partition coefficient (Wildman–Crippen LogP) is 0.894. The number of carbonyl (C=O) groups excluding carboxylic acids is 1. The first-order chi connectivity index (χ1) is 8.62. The van der Waals surface area contributed by atoms with E-state index in [1.807, 2.05) is 24.3 Å². The smallest absolute Gasteiger partial charge is 0.233 e. The molecule has 4 heteroatoms. The summed E-state index contributed by atoms with van der Waals surface area (Å²) in [5.41, 5.74) is 7.12. The molecule has 1 heterocycles. The number of nitrogen functional groups attached to an aromatic ring is 1. The average Bonchev–Trinajstić information content (AvgIpc) is 3.06. The van der Waals surface area contributed by atoms with Crippen molar-refractivity contribution in [2.45, 2.75) is 30.8 Å². The summed E-state index contributed by atoms with van der Waals surface area (Å²) in [5.74, 6) is 0.170. The molecule has 0 aromatic heterocycles. The first-order valence-electron chi connectivity index (χ1n) is 6.45. The van der Waals surface area contributed by atoms with Gasteiger partial charge in [-0.25, -0.2) is 0 Å². The summed E-state index contributed by atoms with van der Waals surface area (Å²) in [6.45, 7) is 1.16. The van der Waals surface area contributed by atoms with E-state index >= 15 is 0 Å². The van der Waals surface area contributed by atoms with Crippen molar-refractivity contribution in [2.75, 3.05) is 18.8 Å². The maximum atomic E-state index is 12.5. The zero-order valence-electron chi connectivity index (χ0n) is 10.3. The Morgan fingerprint density at radius 3 is 2.50 bits per heavy atom. The lowest BCUT2D eigenvalue weighted by atomic mass is 9.94. The molecule has 18 heavy (non-hydrogen) atoms.